The first kappa shape index (κ1) is 31.4. The fourth-order valence-electron chi connectivity index (χ4n) is 7.92. The Morgan fingerprint density at radius 1 is 0.870 bits per heavy atom. The highest BCUT2D eigenvalue weighted by Gasteiger charge is 2.48. The van der Waals surface area contributed by atoms with E-state index in [2.05, 4.69) is 64.8 Å². The van der Waals surface area contributed by atoms with E-state index in [1.165, 1.54) is 11.1 Å². The predicted molar refractivity (Wildman–Crippen MR) is 176 cm³/mol. The van der Waals surface area contributed by atoms with Gasteiger partial charge in [0.1, 0.15) is 0 Å². The second-order valence-corrected chi connectivity index (χ2v) is 13.6. The number of carbonyl (C=O) groups excluding carboxylic acids is 2. The normalized spacial score (nSPS) is 26.3. The second kappa shape index (κ2) is 13.2. The van der Waals surface area contributed by atoms with Gasteiger partial charge in [0.15, 0.2) is 0 Å². The van der Waals surface area contributed by atoms with Gasteiger partial charge in [-0.05, 0) is 40.7 Å². The first-order valence-electron chi connectivity index (χ1n) is 16.3. The number of nitrogens with one attached hydrogen (secondary N) is 1. The minimum atomic E-state index is -2.81. The lowest BCUT2D eigenvalue weighted by Crippen LogP contribution is -2.61. The van der Waals surface area contributed by atoms with Gasteiger partial charge >= 0.3 is 0 Å². The molecule has 7 rings (SSSR count). The molecule has 3 atom stereocenters. The Balaban J connectivity index is 0.964. The van der Waals surface area contributed by atoms with Crippen molar-refractivity contribution in [1.29, 1.82) is 0 Å². The Bertz CT molecular complexity index is 1510. The van der Waals surface area contributed by atoms with Crippen LogP contribution in [0.4, 0.5) is 8.78 Å². The summed E-state index contributed by atoms with van der Waals surface area (Å²) in [5.41, 5.74) is 5.52. The number of hydrogen-bond acceptors (Lipinski definition) is 7. The van der Waals surface area contributed by atoms with Crippen LogP contribution in [0, 0.1) is 0 Å². The third kappa shape index (κ3) is 6.38. The van der Waals surface area contributed by atoms with Gasteiger partial charge in [0, 0.05) is 52.2 Å². The van der Waals surface area contributed by atoms with Crippen LogP contribution in [0.25, 0.3) is 0 Å². The van der Waals surface area contributed by atoms with Gasteiger partial charge in [-0.3, -0.25) is 34.5 Å². The SMILES string of the molecule is O=C1CCC(N2Cc3cc(CN4CCC(N5CCN(C(c6ccccc6)c6ccccc6)CC5)C(F)(F)C4)ccc3C2S)C(=O)N1. The van der Waals surface area contributed by atoms with Crippen LogP contribution in [0.2, 0.25) is 0 Å². The molecule has 4 aliphatic rings. The van der Waals surface area contributed by atoms with Crippen LogP contribution in [0.5, 0.6) is 0 Å². The number of piperidine rings is 2. The number of likely N-dealkylation sites (tertiary alicyclic amines) is 1. The minimum Gasteiger partial charge on any atom is -0.295 e. The molecule has 0 spiro atoms. The molecule has 10 heteroatoms. The van der Waals surface area contributed by atoms with Crippen molar-refractivity contribution in [1.82, 2.24) is 24.9 Å². The number of fused-ring (bicyclic) bond motifs is 1. The third-order valence-corrected chi connectivity index (χ3v) is 10.8. The minimum absolute atomic E-state index is 0.105. The average Bonchev–Trinajstić information content (AvgIpc) is 3.37. The van der Waals surface area contributed by atoms with Crippen LogP contribution in [-0.4, -0.2) is 88.7 Å². The number of thiol groups is 1. The lowest BCUT2D eigenvalue weighted by molar-refractivity contribution is -0.138. The molecule has 1 N–H and O–H groups in total. The number of carbonyl (C=O) groups is 2. The Kier molecular flexibility index (Phi) is 9.00. The summed E-state index contributed by atoms with van der Waals surface area (Å²) in [6.07, 6.45) is 1.22. The van der Waals surface area contributed by atoms with Crippen molar-refractivity contribution < 1.29 is 18.4 Å². The van der Waals surface area contributed by atoms with Gasteiger partial charge in [0.2, 0.25) is 11.8 Å². The summed E-state index contributed by atoms with van der Waals surface area (Å²) in [5.74, 6) is -3.32. The van der Waals surface area contributed by atoms with E-state index in [9.17, 15) is 9.59 Å². The van der Waals surface area contributed by atoms with Gasteiger partial charge < -0.3 is 0 Å². The summed E-state index contributed by atoms with van der Waals surface area (Å²) in [4.78, 5) is 32.5. The van der Waals surface area contributed by atoms with E-state index in [-0.39, 0.29) is 29.8 Å². The Morgan fingerprint density at radius 3 is 2.17 bits per heavy atom. The van der Waals surface area contributed by atoms with E-state index < -0.39 is 18.0 Å². The second-order valence-electron chi connectivity index (χ2n) is 13.1. The van der Waals surface area contributed by atoms with Crippen LogP contribution >= 0.6 is 12.6 Å². The number of benzene rings is 3. The molecule has 0 saturated carbocycles. The molecule has 3 aromatic carbocycles. The summed E-state index contributed by atoms with van der Waals surface area (Å²) in [6, 6.07) is 25.9. The van der Waals surface area contributed by atoms with Gasteiger partial charge in [-0.2, -0.15) is 12.6 Å². The number of hydrogen-bond donors (Lipinski definition) is 2. The zero-order valence-electron chi connectivity index (χ0n) is 25.9. The van der Waals surface area contributed by atoms with Gasteiger partial charge in [-0.1, -0.05) is 78.9 Å². The number of rotatable bonds is 7. The first-order valence-corrected chi connectivity index (χ1v) is 16.9. The van der Waals surface area contributed by atoms with Crippen LogP contribution in [-0.2, 0) is 22.7 Å². The molecule has 0 bridgehead atoms. The van der Waals surface area contributed by atoms with Crippen molar-refractivity contribution in [2.45, 2.75) is 61.8 Å². The Morgan fingerprint density at radius 2 is 1.54 bits per heavy atom. The van der Waals surface area contributed by atoms with Crippen molar-refractivity contribution in [2.75, 3.05) is 39.3 Å². The molecule has 0 aliphatic carbocycles. The van der Waals surface area contributed by atoms with Crippen LogP contribution < -0.4 is 5.32 Å². The lowest BCUT2D eigenvalue weighted by Gasteiger charge is -2.47. The summed E-state index contributed by atoms with van der Waals surface area (Å²) < 4.78 is 31.6. The highest BCUT2D eigenvalue weighted by molar-refractivity contribution is 7.80. The van der Waals surface area contributed by atoms with Crippen molar-refractivity contribution in [3.63, 3.8) is 0 Å². The molecule has 3 fully saturated rings. The fraction of sp³-hybridized carbons (Fsp3) is 0.444. The molecule has 3 aromatic rings. The van der Waals surface area contributed by atoms with E-state index in [1.807, 2.05) is 39.0 Å². The molecule has 0 aromatic heterocycles. The maximum absolute atomic E-state index is 15.8. The van der Waals surface area contributed by atoms with Gasteiger partial charge in [-0.15, -0.1) is 0 Å². The maximum Gasteiger partial charge on any atom is 0.275 e. The Labute approximate surface area is 274 Å². The van der Waals surface area contributed by atoms with Crippen molar-refractivity contribution in [3.8, 4) is 0 Å². The fourth-order valence-corrected chi connectivity index (χ4v) is 8.42. The quantitative estimate of drug-likeness (QED) is 0.283. The molecular formula is C36H41F2N5O2S. The highest BCUT2D eigenvalue weighted by Crippen LogP contribution is 2.40. The largest absolute Gasteiger partial charge is 0.295 e. The summed E-state index contributed by atoms with van der Waals surface area (Å²) >= 11 is 4.79. The van der Waals surface area contributed by atoms with Crippen molar-refractivity contribution in [2.24, 2.45) is 0 Å². The standard InChI is InChI=1S/C36H41F2N5O2S/c37-36(38)24-40(22-25-11-12-29-28(21-25)23-43(35(29)46)30-13-14-32(44)39-34(30)45)16-15-31(36)41-17-19-42(20-18-41)33(26-7-3-1-4-8-26)27-9-5-2-6-10-27/h1-12,21,30-31,33,35,46H,13-20,22-24H2,(H,39,44,45). The molecule has 242 valence electrons. The van der Waals surface area contributed by atoms with E-state index in [0.29, 0.717) is 52.0 Å². The van der Waals surface area contributed by atoms with Crippen LogP contribution in [0.1, 0.15) is 58.5 Å². The number of imide groups is 1. The number of amides is 2. The zero-order chi connectivity index (χ0) is 31.8. The van der Waals surface area contributed by atoms with Crippen molar-refractivity contribution >= 4 is 24.4 Å². The van der Waals surface area contributed by atoms with Gasteiger partial charge in [0.05, 0.1) is 30.0 Å². The van der Waals surface area contributed by atoms with E-state index in [4.69, 9.17) is 12.6 Å². The van der Waals surface area contributed by atoms with E-state index in [1.54, 1.807) is 0 Å². The molecule has 4 heterocycles. The monoisotopic (exact) mass is 645 g/mol. The average molecular weight is 646 g/mol. The third-order valence-electron chi connectivity index (χ3n) is 10.2. The molecule has 3 saturated heterocycles. The van der Waals surface area contributed by atoms with Crippen molar-refractivity contribution in [3.05, 3.63) is 107 Å². The van der Waals surface area contributed by atoms with Crippen LogP contribution in [0.3, 0.4) is 0 Å². The Hall–Kier alpha value is -3.15. The summed E-state index contributed by atoms with van der Waals surface area (Å²) in [5, 5.41) is 2.19. The molecule has 7 nitrogen and oxygen atoms in total. The molecule has 4 aliphatic heterocycles. The molecule has 0 radical (unpaired) electrons. The van der Waals surface area contributed by atoms with Gasteiger partial charge in [0.25, 0.3) is 5.92 Å². The topological polar surface area (TPSA) is 59.1 Å². The summed E-state index contributed by atoms with van der Waals surface area (Å²) in [6.45, 7) is 4.07. The molecule has 2 amide bonds. The van der Waals surface area contributed by atoms with E-state index >= 15 is 8.78 Å². The highest BCUT2D eigenvalue weighted by atomic mass is 32.1. The summed E-state index contributed by atoms with van der Waals surface area (Å²) in [7, 11) is 0. The molecule has 46 heavy (non-hydrogen) atoms. The molecular weight excluding hydrogens is 604 g/mol. The molecule has 3 unspecified atom stereocenters. The lowest BCUT2D eigenvalue weighted by atomic mass is 9.95. The maximum atomic E-state index is 15.8. The van der Waals surface area contributed by atoms with E-state index in [0.717, 1.165) is 29.8 Å². The number of piperazine rings is 1. The first-order chi connectivity index (χ1) is 22.3. The zero-order valence-corrected chi connectivity index (χ0v) is 26.8. The number of halogens is 2. The number of nitrogens with zero attached hydrogens (tertiary/aromatic N) is 4. The van der Waals surface area contributed by atoms with Crippen LogP contribution in [0.15, 0.2) is 78.9 Å². The number of alkyl halides is 2. The predicted octanol–water partition coefficient (Wildman–Crippen LogP) is 4.85. The smallest absolute Gasteiger partial charge is 0.275 e. The van der Waals surface area contributed by atoms with Gasteiger partial charge in [-0.25, -0.2) is 8.78 Å².